The molecule has 1 aliphatic heterocycles. The maximum absolute atomic E-state index is 15.0. The van der Waals surface area contributed by atoms with Crippen LogP contribution in [0.2, 0.25) is 0 Å². The number of aromatic nitrogens is 3. The van der Waals surface area contributed by atoms with E-state index in [2.05, 4.69) is 9.97 Å². The second kappa shape index (κ2) is 10.0. The lowest BCUT2D eigenvalue weighted by Gasteiger charge is -2.27. The normalized spacial score (nSPS) is 14.8. The van der Waals surface area contributed by atoms with Crippen LogP contribution in [0, 0.1) is 23.0 Å². The van der Waals surface area contributed by atoms with E-state index in [1.807, 2.05) is 22.9 Å². The van der Waals surface area contributed by atoms with Crippen LogP contribution in [0.5, 0.6) is 5.88 Å². The molecular formula is C27H22F2N4O2. The fourth-order valence-electron chi connectivity index (χ4n) is 3.88. The SMILES string of the molecule is N#Cc1ccc(COc2cccc(-c3ccc(Cc4nccn4C[C@@H]4CCO4)c(F)c3)n2)c(F)c1. The Morgan fingerprint density at radius 2 is 1.91 bits per heavy atom. The standard InChI is InChI=1S/C27H22F2N4O2/c28-23-12-18(15-30)4-5-21(23)17-35-27-3-1-2-25(32-27)20-7-6-19(24(29)13-20)14-26-31-9-10-33(26)16-22-8-11-34-22/h1-7,9-10,12-13,22H,8,11,14,16-17H2/t22-/m0/s1. The molecule has 1 atom stereocenters. The Labute approximate surface area is 201 Å². The largest absolute Gasteiger partial charge is 0.473 e. The van der Waals surface area contributed by atoms with Gasteiger partial charge in [-0.3, -0.25) is 0 Å². The first kappa shape index (κ1) is 22.7. The molecule has 8 heteroatoms. The summed E-state index contributed by atoms with van der Waals surface area (Å²) >= 11 is 0. The summed E-state index contributed by atoms with van der Waals surface area (Å²) in [6.45, 7) is 1.47. The summed E-state index contributed by atoms with van der Waals surface area (Å²) in [6.07, 6.45) is 5.21. The van der Waals surface area contributed by atoms with Crippen molar-refractivity contribution in [2.24, 2.45) is 0 Å². The molecular weight excluding hydrogens is 450 g/mol. The lowest BCUT2D eigenvalue weighted by atomic mass is 10.1. The molecule has 4 aromatic rings. The van der Waals surface area contributed by atoms with E-state index in [0.717, 1.165) is 25.4 Å². The molecule has 0 unspecified atom stereocenters. The number of hydrogen-bond acceptors (Lipinski definition) is 5. The average Bonchev–Trinajstić information content (AvgIpc) is 3.28. The van der Waals surface area contributed by atoms with E-state index in [0.29, 0.717) is 28.8 Å². The minimum absolute atomic E-state index is 0.0418. The fourth-order valence-corrected chi connectivity index (χ4v) is 3.88. The Morgan fingerprint density at radius 3 is 2.66 bits per heavy atom. The number of pyridine rings is 1. The molecule has 1 aliphatic rings. The molecule has 0 radical (unpaired) electrons. The van der Waals surface area contributed by atoms with E-state index in [1.54, 1.807) is 30.5 Å². The Balaban J connectivity index is 1.28. The number of benzene rings is 2. The van der Waals surface area contributed by atoms with Crippen LogP contribution < -0.4 is 4.74 Å². The van der Waals surface area contributed by atoms with Gasteiger partial charge in [0.15, 0.2) is 0 Å². The predicted molar refractivity (Wildman–Crippen MR) is 124 cm³/mol. The van der Waals surface area contributed by atoms with Crippen LogP contribution in [0.1, 0.15) is 28.9 Å². The van der Waals surface area contributed by atoms with Crippen molar-refractivity contribution in [2.75, 3.05) is 6.61 Å². The van der Waals surface area contributed by atoms with Crippen LogP contribution in [0.15, 0.2) is 67.0 Å². The van der Waals surface area contributed by atoms with Gasteiger partial charge in [0.05, 0.1) is 30.0 Å². The highest BCUT2D eigenvalue weighted by atomic mass is 19.1. The molecule has 1 saturated heterocycles. The number of ether oxygens (including phenoxy) is 2. The van der Waals surface area contributed by atoms with Gasteiger partial charge < -0.3 is 14.0 Å². The smallest absolute Gasteiger partial charge is 0.214 e. The zero-order valence-electron chi connectivity index (χ0n) is 18.8. The van der Waals surface area contributed by atoms with Gasteiger partial charge in [-0.15, -0.1) is 0 Å². The van der Waals surface area contributed by atoms with Crippen molar-refractivity contribution >= 4 is 0 Å². The van der Waals surface area contributed by atoms with Gasteiger partial charge >= 0.3 is 0 Å². The van der Waals surface area contributed by atoms with Crippen molar-refractivity contribution in [1.82, 2.24) is 14.5 Å². The summed E-state index contributed by atoms with van der Waals surface area (Å²) in [6, 6.07) is 16.3. The van der Waals surface area contributed by atoms with E-state index in [1.165, 1.54) is 24.3 Å². The maximum Gasteiger partial charge on any atom is 0.214 e. The van der Waals surface area contributed by atoms with Crippen LogP contribution >= 0.6 is 0 Å². The summed E-state index contributed by atoms with van der Waals surface area (Å²) in [4.78, 5) is 8.82. The summed E-state index contributed by atoms with van der Waals surface area (Å²) in [5.74, 6) is 0.218. The third-order valence-corrected chi connectivity index (χ3v) is 5.97. The second-order valence-electron chi connectivity index (χ2n) is 8.33. The number of nitrogens with zero attached hydrogens (tertiary/aromatic N) is 4. The van der Waals surface area contributed by atoms with Crippen LogP contribution in [-0.2, 0) is 24.3 Å². The minimum Gasteiger partial charge on any atom is -0.473 e. The van der Waals surface area contributed by atoms with Crippen molar-refractivity contribution in [3.63, 3.8) is 0 Å². The molecule has 0 saturated carbocycles. The Hall–Kier alpha value is -4.09. The number of halogens is 2. The van der Waals surface area contributed by atoms with E-state index in [-0.39, 0.29) is 30.0 Å². The van der Waals surface area contributed by atoms with Gasteiger partial charge in [-0.2, -0.15) is 5.26 Å². The topological polar surface area (TPSA) is 73.0 Å². The molecule has 2 aromatic heterocycles. The summed E-state index contributed by atoms with van der Waals surface area (Å²) in [5.41, 5.74) is 2.24. The zero-order valence-corrected chi connectivity index (χ0v) is 18.8. The van der Waals surface area contributed by atoms with Gasteiger partial charge in [0, 0.05) is 42.6 Å². The third-order valence-electron chi connectivity index (χ3n) is 5.97. The monoisotopic (exact) mass is 472 g/mol. The first-order valence-corrected chi connectivity index (χ1v) is 11.3. The van der Waals surface area contributed by atoms with E-state index in [4.69, 9.17) is 14.7 Å². The highest BCUT2D eigenvalue weighted by Gasteiger charge is 2.20. The first-order valence-electron chi connectivity index (χ1n) is 11.3. The number of hydrogen-bond donors (Lipinski definition) is 0. The number of imidazole rings is 1. The van der Waals surface area contributed by atoms with Gasteiger partial charge in [0.2, 0.25) is 5.88 Å². The van der Waals surface area contributed by atoms with Gasteiger partial charge in [0.1, 0.15) is 24.1 Å². The minimum atomic E-state index is -0.515. The molecule has 2 aromatic carbocycles. The van der Waals surface area contributed by atoms with Crippen molar-refractivity contribution in [3.8, 4) is 23.2 Å². The zero-order chi connectivity index (χ0) is 24.2. The van der Waals surface area contributed by atoms with E-state index in [9.17, 15) is 8.78 Å². The van der Waals surface area contributed by atoms with Gasteiger partial charge in [-0.05, 0) is 36.2 Å². The molecule has 0 bridgehead atoms. The van der Waals surface area contributed by atoms with Gasteiger partial charge in [0.25, 0.3) is 0 Å². The lowest BCUT2D eigenvalue weighted by Crippen LogP contribution is -2.31. The maximum atomic E-state index is 15.0. The molecule has 6 nitrogen and oxygen atoms in total. The summed E-state index contributed by atoms with van der Waals surface area (Å²) in [5, 5.41) is 8.86. The van der Waals surface area contributed by atoms with Crippen molar-refractivity contribution in [1.29, 1.82) is 5.26 Å². The summed E-state index contributed by atoms with van der Waals surface area (Å²) < 4.78 is 42.2. The molecule has 1 fully saturated rings. The third kappa shape index (κ3) is 5.20. The van der Waals surface area contributed by atoms with Crippen LogP contribution in [0.3, 0.4) is 0 Å². The fraction of sp³-hybridized carbons (Fsp3) is 0.222. The Kier molecular flexibility index (Phi) is 6.51. The lowest BCUT2D eigenvalue weighted by molar-refractivity contribution is -0.0595. The molecule has 0 aliphatic carbocycles. The molecule has 0 N–H and O–H groups in total. The van der Waals surface area contributed by atoms with Crippen LogP contribution in [-0.4, -0.2) is 27.2 Å². The van der Waals surface area contributed by atoms with Crippen LogP contribution in [0.25, 0.3) is 11.3 Å². The highest BCUT2D eigenvalue weighted by molar-refractivity contribution is 5.60. The quantitative estimate of drug-likeness (QED) is 0.359. The average molecular weight is 472 g/mol. The van der Waals surface area contributed by atoms with Gasteiger partial charge in [-0.1, -0.05) is 24.3 Å². The van der Waals surface area contributed by atoms with Crippen molar-refractivity contribution in [3.05, 3.63) is 101 Å². The molecule has 5 rings (SSSR count). The second-order valence-corrected chi connectivity index (χ2v) is 8.33. The Morgan fingerprint density at radius 1 is 1.09 bits per heavy atom. The summed E-state index contributed by atoms with van der Waals surface area (Å²) in [7, 11) is 0. The van der Waals surface area contributed by atoms with Crippen molar-refractivity contribution in [2.45, 2.75) is 32.1 Å². The molecule has 0 amide bonds. The van der Waals surface area contributed by atoms with Gasteiger partial charge in [-0.25, -0.2) is 18.7 Å². The van der Waals surface area contributed by atoms with E-state index >= 15 is 0 Å². The number of rotatable bonds is 8. The van der Waals surface area contributed by atoms with E-state index < -0.39 is 5.82 Å². The molecule has 0 spiro atoms. The molecule has 176 valence electrons. The van der Waals surface area contributed by atoms with Crippen molar-refractivity contribution < 1.29 is 18.3 Å². The number of nitriles is 1. The van der Waals surface area contributed by atoms with Crippen LogP contribution in [0.4, 0.5) is 8.78 Å². The first-order chi connectivity index (χ1) is 17.1. The molecule has 35 heavy (non-hydrogen) atoms. The molecule has 3 heterocycles. The highest BCUT2D eigenvalue weighted by Crippen LogP contribution is 2.24. The Bertz CT molecular complexity index is 1390. The predicted octanol–water partition coefficient (Wildman–Crippen LogP) is 5.05.